The van der Waals surface area contributed by atoms with Crippen molar-refractivity contribution in [2.45, 2.75) is 44.9 Å². The minimum Gasteiger partial charge on any atom is -0.371 e. The van der Waals surface area contributed by atoms with E-state index in [2.05, 4.69) is 45.0 Å². The summed E-state index contributed by atoms with van der Waals surface area (Å²) in [5, 5.41) is 0. The van der Waals surface area contributed by atoms with E-state index in [0.717, 1.165) is 30.2 Å². The molecule has 130 valence electrons. The molecule has 0 saturated heterocycles. The van der Waals surface area contributed by atoms with Crippen molar-refractivity contribution in [2.24, 2.45) is 7.05 Å². The molecular weight excluding hydrogens is 312 g/mol. The average molecular weight is 336 g/mol. The van der Waals surface area contributed by atoms with E-state index in [0.29, 0.717) is 12.6 Å². The number of aromatic nitrogens is 4. The predicted molar refractivity (Wildman–Crippen MR) is 97.1 cm³/mol. The number of imidazole rings is 2. The molecule has 0 unspecified atom stereocenters. The summed E-state index contributed by atoms with van der Waals surface area (Å²) >= 11 is 0. The second-order valence-corrected chi connectivity index (χ2v) is 6.78. The highest BCUT2D eigenvalue weighted by molar-refractivity contribution is 5.49. The molecule has 2 aromatic heterocycles. The summed E-state index contributed by atoms with van der Waals surface area (Å²) < 4.78 is 10.6. The van der Waals surface area contributed by atoms with Gasteiger partial charge in [0.2, 0.25) is 0 Å². The van der Waals surface area contributed by atoms with Crippen molar-refractivity contribution in [1.29, 1.82) is 0 Å². The van der Waals surface area contributed by atoms with Gasteiger partial charge in [-0.3, -0.25) is 0 Å². The molecule has 1 aliphatic rings. The predicted octanol–water partition coefficient (Wildman–Crippen LogP) is 3.90. The Morgan fingerprint density at radius 2 is 2.04 bits per heavy atom. The second kappa shape index (κ2) is 6.84. The average Bonchev–Trinajstić information content (AvgIpc) is 3.34. The summed E-state index contributed by atoms with van der Waals surface area (Å²) in [6, 6.07) is 10.7. The molecule has 0 radical (unpaired) electrons. The molecule has 0 bridgehead atoms. The standard InChI is InChI=1S/C20H24N4O/c1-15-22-17(13-23(15)2)20-21-11-12-24(20)18-9-6-10-19(18)25-14-16-7-4-3-5-8-16/h3-5,7-8,11-13,18-19H,6,9-10,14H2,1-2H3/t18-,19-/m1/s1. The maximum Gasteiger partial charge on any atom is 0.160 e. The lowest BCUT2D eigenvalue weighted by Gasteiger charge is -2.23. The van der Waals surface area contributed by atoms with E-state index in [1.54, 1.807) is 0 Å². The minimum absolute atomic E-state index is 0.220. The fourth-order valence-corrected chi connectivity index (χ4v) is 3.64. The number of aryl methyl sites for hydroxylation is 2. The van der Waals surface area contributed by atoms with Gasteiger partial charge in [-0.05, 0) is 31.7 Å². The summed E-state index contributed by atoms with van der Waals surface area (Å²) in [5.74, 6) is 1.93. The van der Waals surface area contributed by atoms with Gasteiger partial charge < -0.3 is 13.9 Å². The van der Waals surface area contributed by atoms with E-state index in [-0.39, 0.29) is 6.10 Å². The zero-order chi connectivity index (χ0) is 17.2. The lowest BCUT2D eigenvalue weighted by atomic mass is 10.2. The summed E-state index contributed by atoms with van der Waals surface area (Å²) in [7, 11) is 2.01. The molecular formula is C20H24N4O. The molecule has 1 fully saturated rings. The molecule has 0 N–H and O–H groups in total. The highest BCUT2D eigenvalue weighted by Crippen LogP contribution is 2.35. The van der Waals surface area contributed by atoms with Crippen molar-refractivity contribution >= 4 is 0 Å². The van der Waals surface area contributed by atoms with Crippen LogP contribution >= 0.6 is 0 Å². The Morgan fingerprint density at radius 1 is 1.20 bits per heavy atom. The highest BCUT2D eigenvalue weighted by atomic mass is 16.5. The molecule has 3 aromatic rings. The fourth-order valence-electron chi connectivity index (χ4n) is 3.64. The first-order valence-electron chi connectivity index (χ1n) is 8.91. The maximum atomic E-state index is 6.27. The van der Waals surface area contributed by atoms with E-state index < -0.39 is 0 Å². The molecule has 25 heavy (non-hydrogen) atoms. The third-order valence-corrected chi connectivity index (χ3v) is 5.09. The van der Waals surface area contributed by atoms with Crippen LogP contribution in [0.5, 0.6) is 0 Å². The van der Waals surface area contributed by atoms with Crippen LogP contribution in [0.4, 0.5) is 0 Å². The fraction of sp³-hybridized carbons (Fsp3) is 0.400. The van der Waals surface area contributed by atoms with Crippen molar-refractivity contribution < 1.29 is 4.74 Å². The maximum absolute atomic E-state index is 6.27. The quantitative estimate of drug-likeness (QED) is 0.710. The Hall–Kier alpha value is -2.40. The lowest BCUT2D eigenvalue weighted by molar-refractivity contribution is 0.0198. The van der Waals surface area contributed by atoms with E-state index in [1.807, 2.05) is 37.0 Å². The molecule has 5 heteroatoms. The second-order valence-electron chi connectivity index (χ2n) is 6.78. The number of ether oxygens (including phenoxy) is 1. The van der Waals surface area contributed by atoms with Crippen molar-refractivity contribution in [3.8, 4) is 11.5 Å². The lowest BCUT2D eigenvalue weighted by Crippen LogP contribution is -2.22. The third-order valence-electron chi connectivity index (χ3n) is 5.09. The largest absolute Gasteiger partial charge is 0.371 e. The normalized spacial score (nSPS) is 20.2. The topological polar surface area (TPSA) is 44.9 Å². The molecule has 0 aliphatic heterocycles. The zero-order valence-electron chi connectivity index (χ0n) is 14.8. The Morgan fingerprint density at radius 3 is 2.80 bits per heavy atom. The Labute approximate surface area is 148 Å². The van der Waals surface area contributed by atoms with Gasteiger partial charge in [0, 0.05) is 25.6 Å². The van der Waals surface area contributed by atoms with Crippen LogP contribution < -0.4 is 0 Å². The molecule has 0 spiro atoms. The van der Waals surface area contributed by atoms with Crippen LogP contribution in [-0.2, 0) is 18.4 Å². The molecule has 0 amide bonds. The number of nitrogens with zero attached hydrogens (tertiary/aromatic N) is 4. The first-order chi connectivity index (χ1) is 12.2. The van der Waals surface area contributed by atoms with Gasteiger partial charge in [-0.15, -0.1) is 0 Å². The van der Waals surface area contributed by atoms with Crippen LogP contribution in [0.3, 0.4) is 0 Å². The van der Waals surface area contributed by atoms with Gasteiger partial charge in [-0.1, -0.05) is 30.3 Å². The van der Waals surface area contributed by atoms with Crippen molar-refractivity contribution in [3.05, 3.63) is 60.3 Å². The molecule has 2 atom stereocenters. The van der Waals surface area contributed by atoms with Gasteiger partial charge in [-0.25, -0.2) is 9.97 Å². The first kappa shape index (κ1) is 16.1. The molecule has 1 aliphatic carbocycles. The molecule has 1 saturated carbocycles. The SMILES string of the molecule is Cc1nc(-c2nccn2[C@@H]2CCC[C@H]2OCc2ccccc2)cn1C. The monoisotopic (exact) mass is 336 g/mol. The Kier molecular flexibility index (Phi) is 4.40. The molecule has 5 nitrogen and oxygen atoms in total. The summed E-state index contributed by atoms with van der Waals surface area (Å²) in [6.07, 6.45) is 9.59. The van der Waals surface area contributed by atoms with E-state index in [1.165, 1.54) is 12.0 Å². The van der Waals surface area contributed by atoms with Crippen molar-refractivity contribution in [1.82, 2.24) is 19.1 Å². The molecule has 2 heterocycles. The van der Waals surface area contributed by atoms with Crippen molar-refractivity contribution in [2.75, 3.05) is 0 Å². The summed E-state index contributed by atoms with van der Waals surface area (Å²) in [4.78, 5) is 9.21. The van der Waals surface area contributed by atoms with Crippen LogP contribution in [-0.4, -0.2) is 25.2 Å². The molecule has 1 aromatic carbocycles. The minimum atomic E-state index is 0.220. The van der Waals surface area contributed by atoms with Gasteiger partial charge >= 0.3 is 0 Å². The Bertz CT molecular complexity index is 817. The van der Waals surface area contributed by atoms with Gasteiger partial charge in [0.25, 0.3) is 0 Å². The zero-order valence-corrected chi connectivity index (χ0v) is 14.8. The summed E-state index contributed by atoms with van der Waals surface area (Å²) in [6.45, 7) is 2.67. The highest BCUT2D eigenvalue weighted by Gasteiger charge is 2.31. The van der Waals surface area contributed by atoms with E-state index in [9.17, 15) is 0 Å². The van der Waals surface area contributed by atoms with Crippen LogP contribution in [0.15, 0.2) is 48.9 Å². The Balaban J connectivity index is 1.54. The smallest absolute Gasteiger partial charge is 0.160 e. The number of benzene rings is 1. The van der Waals surface area contributed by atoms with Gasteiger partial charge in [0.15, 0.2) is 5.82 Å². The number of hydrogen-bond acceptors (Lipinski definition) is 3. The van der Waals surface area contributed by atoms with Gasteiger partial charge in [-0.2, -0.15) is 0 Å². The summed E-state index contributed by atoms with van der Waals surface area (Å²) in [5.41, 5.74) is 2.15. The van der Waals surface area contributed by atoms with Gasteiger partial charge in [0.1, 0.15) is 11.5 Å². The van der Waals surface area contributed by atoms with Gasteiger partial charge in [0.05, 0.1) is 18.8 Å². The van der Waals surface area contributed by atoms with E-state index in [4.69, 9.17) is 4.74 Å². The third kappa shape index (κ3) is 3.24. The van der Waals surface area contributed by atoms with E-state index >= 15 is 0 Å². The van der Waals surface area contributed by atoms with Crippen molar-refractivity contribution in [3.63, 3.8) is 0 Å². The van der Waals surface area contributed by atoms with Crippen LogP contribution in [0.25, 0.3) is 11.5 Å². The number of hydrogen-bond donors (Lipinski definition) is 0. The van der Waals surface area contributed by atoms with Crippen LogP contribution in [0.2, 0.25) is 0 Å². The number of rotatable bonds is 5. The van der Waals surface area contributed by atoms with Crippen LogP contribution in [0.1, 0.15) is 36.7 Å². The van der Waals surface area contributed by atoms with Crippen LogP contribution in [0, 0.1) is 6.92 Å². The molecule has 4 rings (SSSR count). The first-order valence-corrected chi connectivity index (χ1v) is 8.91.